The molecule has 0 saturated carbocycles. The molecule has 0 spiro atoms. The topological polar surface area (TPSA) is 68.3 Å². The standard InChI is InChI=1S/C15H10F2N2O2/c16-8-5-11(17)14(12(18)6-8)19-15(20)10-7-21-13-4-2-1-3-9(10)13/h1-7H,18H2,(H,19,20). The molecule has 0 aliphatic heterocycles. The molecule has 0 fully saturated rings. The number of para-hydroxylation sites is 1. The molecular formula is C15H10F2N2O2. The molecule has 3 rings (SSSR count). The Morgan fingerprint density at radius 1 is 1.19 bits per heavy atom. The van der Waals surface area contributed by atoms with Gasteiger partial charge >= 0.3 is 0 Å². The van der Waals surface area contributed by atoms with E-state index in [4.69, 9.17) is 10.2 Å². The third kappa shape index (κ3) is 2.31. The fourth-order valence-electron chi connectivity index (χ4n) is 2.06. The first kappa shape index (κ1) is 13.1. The fourth-order valence-corrected chi connectivity index (χ4v) is 2.06. The van der Waals surface area contributed by atoms with Crippen molar-refractivity contribution in [1.82, 2.24) is 0 Å². The summed E-state index contributed by atoms with van der Waals surface area (Å²) in [5.74, 6) is -2.33. The van der Waals surface area contributed by atoms with Crippen LogP contribution in [0.2, 0.25) is 0 Å². The first-order chi connectivity index (χ1) is 10.1. The van der Waals surface area contributed by atoms with Crippen molar-refractivity contribution in [1.29, 1.82) is 0 Å². The number of anilines is 2. The van der Waals surface area contributed by atoms with Crippen molar-refractivity contribution in [3.63, 3.8) is 0 Å². The van der Waals surface area contributed by atoms with Crippen molar-refractivity contribution < 1.29 is 18.0 Å². The number of carbonyl (C=O) groups is 1. The Morgan fingerprint density at radius 2 is 1.95 bits per heavy atom. The zero-order valence-electron chi connectivity index (χ0n) is 10.7. The van der Waals surface area contributed by atoms with Gasteiger partial charge in [-0.25, -0.2) is 8.78 Å². The van der Waals surface area contributed by atoms with Crippen molar-refractivity contribution in [3.05, 3.63) is 59.9 Å². The number of halogens is 2. The number of amides is 1. The highest BCUT2D eigenvalue weighted by molar-refractivity contribution is 6.13. The van der Waals surface area contributed by atoms with Gasteiger partial charge in [0.1, 0.15) is 23.4 Å². The van der Waals surface area contributed by atoms with Crippen LogP contribution >= 0.6 is 0 Å². The highest BCUT2D eigenvalue weighted by atomic mass is 19.1. The maximum Gasteiger partial charge on any atom is 0.259 e. The van der Waals surface area contributed by atoms with Crippen LogP contribution in [0.1, 0.15) is 10.4 Å². The fraction of sp³-hybridized carbons (Fsp3) is 0. The summed E-state index contributed by atoms with van der Waals surface area (Å²) >= 11 is 0. The largest absolute Gasteiger partial charge is 0.463 e. The second kappa shape index (κ2) is 4.90. The molecule has 0 atom stereocenters. The van der Waals surface area contributed by atoms with Crippen LogP contribution in [0.25, 0.3) is 11.0 Å². The molecule has 0 unspecified atom stereocenters. The third-order valence-electron chi connectivity index (χ3n) is 3.05. The summed E-state index contributed by atoms with van der Waals surface area (Å²) in [6.45, 7) is 0. The lowest BCUT2D eigenvalue weighted by atomic mass is 10.1. The van der Waals surface area contributed by atoms with Gasteiger partial charge in [0.15, 0.2) is 5.82 Å². The van der Waals surface area contributed by atoms with Gasteiger partial charge in [-0.1, -0.05) is 18.2 Å². The molecular weight excluding hydrogens is 278 g/mol. The van der Waals surface area contributed by atoms with Crippen molar-refractivity contribution in [2.45, 2.75) is 0 Å². The van der Waals surface area contributed by atoms with E-state index in [1.807, 2.05) is 0 Å². The molecule has 1 aromatic heterocycles. The van der Waals surface area contributed by atoms with Crippen LogP contribution in [0.15, 0.2) is 47.1 Å². The average molecular weight is 288 g/mol. The van der Waals surface area contributed by atoms with E-state index in [1.54, 1.807) is 24.3 Å². The van der Waals surface area contributed by atoms with E-state index in [2.05, 4.69) is 5.32 Å². The maximum atomic E-state index is 13.7. The molecule has 1 heterocycles. The predicted octanol–water partition coefficient (Wildman–Crippen LogP) is 3.55. The Morgan fingerprint density at radius 3 is 2.71 bits per heavy atom. The minimum absolute atomic E-state index is 0.186. The molecule has 3 N–H and O–H groups in total. The van der Waals surface area contributed by atoms with Crippen molar-refractivity contribution in [2.75, 3.05) is 11.1 Å². The minimum atomic E-state index is -0.936. The second-order valence-electron chi connectivity index (χ2n) is 4.45. The van der Waals surface area contributed by atoms with E-state index >= 15 is 0 Å². The molecule has 0 bridgehead atoms. The first-order valence-corrected chi connectivity index (χ1v) is 6.08. The lowest BCUT2D eigenvalue weighted by Gasteiger charge is -2.08. The van der Waals surface area contributed by atoms with Gasteiger partial charge in [-0.2, -0.15) is 0 Å². The first-order valence-electron chi connectivity index (χ1n) is 6.08. The summed E-state index contributed by atoms with van der Waals surface area (Å²) in [6.07, 6.45) is 1.28. The molecule has 1 amide bonds. The van der Waals surface area contributed by atoms with Gasteiger partial charge in [0.05, 0.1) is 11.3 Å². The van der Waals surface area contributed by atoms with Crippen molar-refractivity contribution >= 4 is 28.3 Å². The molecule has 106 valence electrons. The zero-order valence-corrected chi connectivity index (χ0v) is 10.7. The second-order valence-corrected chi connectivity index (χ2v) is 4.45. The van der Waals surface area contributed by atoms with Gasteiger partial charge < -0.3 is 15.5 Å². The number of nitrogen functional groups attached to an aromatic ring is 1. The van der Waals surface area contributed by atoms with Crippen molar-refractivity contribution in [3.8, 4) is 0 Å². The third-order valence-corrected chi connectivity index (χ3v) is 3.05. The summed E-state index contributed by atoms with van der Waals surface area (Å²) in [6, 6.07) is 8.52. The number of benzene rings is 2. The number of furan rings is 1. The summed E-state index contributed by atoms with van der Waals surface area (Å²) in [5.41, 5.74) is 5.86. The quantitative estimate of drug-likeness (QED) is 0.709. The Bertz CT molecular complexity index is 820. The monoisotopic (exact) mass is 288 g/mol. The highest BCUT2D eigenvalue weighted by Crippen LogP contribution is 2.26. The van der Waals surface area contributed by atoms with Crippen LogP contribution in [0.5, 0.6) is 0 Å². The van der Waals surface area contributed by atoms with Crippen molar-refractivity contribution in [2.24, 2.45) is 0 Å². The molecule has 21 heavy (non-hydrogen) atoms. The highest BCUT2D eigenvalue weighted by Gasteiger charge is 2.17. The lowest BCUT2D eigenvalue weighted by molar-refractivity contribution is 0.102. The molecule has 0 aliphatic rings. The van der Waals surface area contributed by atoms with Gasteiger partial charge in [-0.3, -0.25) is 4.79 Å². The molecule has 2 aromatic carbocycles. The van der Waals surface area contributed by atoms with E-state index in [0.29, 0.717) is 17.0 Å². The van der Waals surface area contributed by atoms with Gasteiger partial charge in [-0.05, 0) is 12.1 Å². The Hall–Kier alpha value is -2.89. The van der Waals surface area contributed by atoms with E-state index < -0.39 is 17.5 Å². The number of hydrogen-bond acceptors (Lipinski definition) is 3. The number of fused-ring (bicyclic) bond motifs is 1. The van der Waals surface area contributed by atoms with E-state index in [9.17, 15) is 13.6 Å². The molecule has 0 saturated heterocycles. The molecule has 4 nitrogen and oxygen atoms in total. The number of hydrogen-bond donors (Lipinski definition) is 2. The van der Waals surface area contributed by atoms with Gasteiger partial charge in [0.25, 0.3) is 5.91 Å². The maximum absolute atomic E-state index is 13.7. The smallest absolute Gasteiger partial charge is 0.259 e. The Labute approximate surface area is 118 Å². The van der Waals surface area contributed by atoms with Crippen LogP contribution in [-0.2, 0) is 0 Å². The van der Waals surface area contributed by atoms with Crippen LogP contribution in [0, 0.1) is 11.6 Å². The predicted molar refractivity (Wildman–Crippen MR) is 74.9 cm³/mol. The van der Waals surface area contributed by atoms with Gasteiger partial charge in [-0.15, -0.1) is 0 Å². The van der Waals surface area contributed by atoms with Crippen LogP contribution < -0.4 is 11.1 Å². The average Bonchev–Trinajstić information content (AvgIpc) is 2.86. The van der Waals surface area contributed by atoms with Crippen LogP contribution in [0.3, 0.4) is 0 Å². The van der Waals surface area contributed by atoms with Gasteiger partial charge in [0, 0.05) is 11.5 Å². The van der Waals surface area contributed by atoms with E-state index in [-0.39, 0.29) is 16.9 Å². The number of nitrogens with two attached hydrogens (primary N) is 1. The summed E-state index contributed by atoms with van der Waals surface area (Å²) in [7, 11) is 0. The van der Waals surface area contributed by atoms with Crippen LogP contribution in [0.4, 0.5) is 20.2 Å². The molecule has 0 radical (unpaired) electrons. The summed E-state index contributed by atoms with van der Waals surface area (Å²) in [5, 5.41) is 2.93. The molecule has 6 heteroatoms. The molecule has 3 aromatic rings. The number of carbonyl (C=O) groups excluding carboxylic acids is 1. The Kier molecular flexibility index (Phi) is 3.06. The van der Waals surface area contributed by atoms with Gasteiger partial charge in [0.2, 0.25) is 0 Å². The number of nitrogens with one attached hydrogen (secondary N) is 1. The molecule has 0 aliphatic carbocycles. The summed E-state index contributed by atoms with van der Waals surface area (Å²) < 4.78 is 31.9. The minimum Gasteiger partial charge on any atom is -0.463 e. The normalized spacial score (nSPS) is 10.8. The number of rotatable bonds is 2. The Balaban J connectivity index is 1.97. The SMILES string of the molecule is Nc1cc(F)cc(F)c1NC(=O)c1coc2ccccc12. The lowest BCUT2D eigenvalue weighted by Crippen LogP contribution is -2.14. The summed E-state index contributed by atoms with van der Waals surface area (Å²) in [4.78, 5) is 12.2. The van der Waals surface area contributed by atoms with E-state index in [1.165, 1.54) is 6.26 Å². The van der Waals surface area contributed by atoms with E-state index in [0.717, 1.165) is 6.07 Å². The zero-order chi connectivity index (χ0) is 15.0. The van der Waals surface area contributed by atoms with Crippen LogP contribution in [-0.4, -0.2) is 5.91 Å².